The van der Waals surface area contributed by atoms with Crippen molar-refractivity contribution in [3.8, 4) is 0 Å². The third-order valence-electron chi connectivity index (χ3n) is 4.65. The molecule has 0 N–H and O–H groups in total. The Kier molecular flexibility index (Phi) is 6.73. The fourth-order valence-corrected chi connectivity index (χ4v) is 2.73. The van der Waals surface area contributed by atoms with Crippen molar-refractivity contribution in [3.05, 3.63) is 56.8 Å². The lowest BCUT2D eigenvalue weighted by atomic mass is 9.84. The molecule has 0 bridgehead atoms. The van der Waals surface area contributed by atoms with Crippen molar-refractivity contribution in [1.29, 1.82) is 0 Å². The van der Waals surface area contributed by atoms with Crippen LogP contribution in [-0.4, -0.2) is 39.5 Å². The smallest absolute Gasteiger partial charge is 0.336 e. The summed E-state index contributed by atoms with van der Waals surface area (Å²) in [5.74, 6) is -0.516. The topological polar surface area (TPSA) is 102 Å². The first kappa shape index (κ1) is 20.6. The number of hydrogen-bond acceptors (Lipinski definition) is 6. The maximum atomic E-state index is 12.5. The number of aromatic nitrogens is 3. The van der Waals surface area contributed by atoms with Crippen molar-refractivity contribution in [2.45, 2.75) is 39.4 Å². The Bertz CT molecular complexity index is 834. The van der Waals surface area contributed by atoms with Crippen molar-refractivity contribution in [1.82, 2.24) is 13.7 Å². The number of ether oxygens (including phenoxy) is 2. The third-order valence-corrected chi connectivity index (χ3v) is 4.65. The molecule has 1 aromatic rings. The molecule has 2 heterocycles. The highest BCUT2D eigenvalue weighted by Gasteiger charge is 2.38. The molecule has 0 amide bonds. The first-order chi connectivity index (χ1) is 12.9. The van der Waals surface area contributed by atoms with Gasteiger partial charge in [-0.2, -0.15) is 0 Å². The van der Waals surface area contributed by atoms with Crippen LogP contribution in [0.15, 0.2) is 39.7 Å². The van der Waals surface area contributed by atoms with E-state index in [2.05, 4.69) is 13.2 Å². The first-order valence-corrected chi connectivity index (χ1v) is 8.78. The minimum Gasteiger partial charge on any atom is -0.465 e. The second-order valence-corrected chi connectivity index (χ2v) is 6.55. The predicted octanol–water partition coefficient (Wildman–Crippen LogP) is -0.0964. The summed E-state index contributed by atoms with van der Waals surface area (Å²) < 4.78 is 13.1. The van der Waals surface area contributed by atoms with E-state index in [4.69, 9.17) is 9.47 Å². The van der Waals surface area contributed by atoms with Crippen molar-refractivity contribution in [2.24, 2.45) is 5.41 Å². The molecule has 0 atom stereocenters. The van der Waals surface area contributed by atoms with Gasteiger partial charge in [0.1, 0.15) is 6.61 Å². The first-order valence-electron chi connectivity index (χ1n) is 8.78. The zero-order valence-corrected chi connectivity index (χ0v) is 15.5. The maximum Gasteiger partial charge on any atom is 0.336 e. The molecule has 0 saturated carbocycles. The molecule has 0 aromatic carbocycles. The molecule has 1 aliphatic rings. The van der Waals surface area contributed by atoms with E-state index in [1.807, 2.05) is 6.92 Å². The Morgan fingerprint density at radius 1 is 1.07 bits per heavy atom. The van der Waals surface area contributed by atoms with Gasteiger partial charge in [-0.1, -0.05) is 19.1 Å². The van der Waals surface area contributed by atoms with Crippen LogP contribution in [0.4, 0.5) is 0 Å². The van der Waals surface area contributed by atoms with Gasteiger partial charge in [0.2, 0.25) is 0 Å². The standard InChI is InChI=1S/C18H25N3O6/c1-4-8-19-15(23)20(9-5-2)17(25)21(16(19)24)10-7-14(22)27-13-18(6-3)11-26-12-18/h4-5H,1-2,6-13H2,3H3. The van der Waals surface area contributed by atoms with Gasteiger partial charge in [0.25, 0.3) is 0 Å². The Labute approximate surface area is 156 Å². The summed E-state index contributed by atoms with van der Waals surface area (Å²) in [4.78, 5) is 49.2. The van der Waals surface area contributed by atoms with E-state index in [1.54, 1.807) is 0 Å². The molecule has 1 saturated heterocycles. The summed E-state index contributed by atoms with van der Waals surface area (Å²) in [6.07, 6.45) is 3.44. The molecular formula is C18H25N3O6. The third kappa shape index (κ3) is 4.36. The van der Waals surface area contributed by atoms with E-state index >= 15 is 0 Å². The molecule has 148 valence electrons. The van der Waals surface area contributed by atoms with E-state index in [0.29, 0.717) is 13.2 Å². The number of allylic oxidation sites excluding steroid dienone is 2. The highest BCUT2D eigenvalue weighted by Crippen LogP contribution is 2.31. The van der Waals surface area contributed by atoms with Crippen molar-refractivity contribution in [2.75, 3.05) is 19.8 Å². The van der Waals surface area contributed by atoms with Crippen molar-refractivity contribution < 1.29 is 14.3 Å². The van der Waals surface area contributed by atoms with Crippen LogP contribution < -0.4 is 17.1 Å². The largest absolute Gasteiger partial charge is 0.465 e. The summed E-state index contributed by atoms with van der Waals surface area (Å²) in [6, 6.07) is 0. The molecule has 2 rings (SSSR count). The molecule has 1 aromatic heterocycles. The van der Waals surface area contributed by atoms with Gasteiger partial charge in [0.15, 0.2) is 0 Å². The van der Waals surface area contributed by atoms with Gasteiger partial charge >= 0.3 is 23.0 Å². The summed E-state index contributed by atoms with van der Waals surface area (Å²) in [6.45, 7) is 10.1. The average Bonchev–Trinajstić information content (AvgIpc) is 2.61. The van der Waals surface area contributed by atoms with Gasteiger partial charge in [-0.15, -0.1) is 13.2 Å². The van der Waals surface area contributed by atoms with Crippen LogP contribution in [0.25, 0.3) is 0 Å². The summed E-state index contributed by atoms with van der Waals surface area (Å²) >= 11 is 0. The number of hydrogen-bond donors (Lipinski definition) is 0. The normalized spacial score (nSPS) is 15.0. The lowest BCUT2D eigenvalue weighted by Gasteiger charge is -2.39. The Morgan fingerprint density at radius 2 is 1.59 bits per heavy atom. The number of nitrogens with zero attached hydrogens (tertiary/aromatic N) is 3. The zero-order chi connectivity index (χ0) is 20.0. The molecule has 0 aliphatic carbocycles. The molecule has 0 spiro atoms. The lowest BCUT2D eigenvalue weighted by Crippen LogP contribution is -2.54. The number of carbonyl (C=O) groups excluding carboxylic acids is 1. The lowest BCUT2D eigenvalue weighted by molar-refractivity contribution is -0.170. The summed E-state index contributed by atoms with van der Waals surface area (Å²) in [5, 5.41) is 0. The minimum absolute atomic E-state index is 0.0431. The van der Waals surface area contributed by atoms with Gasteiger partial charge in [-0.25, -0.2) is 28.1 Å². The molecule has 1 fully saturated rings. The van der Waals surface area contributed by atoms with Crippen molar-refractivity contribution in [3.63, 3.8) is 0 Å². The molecule has 9 heteroatoms. The van der Waals surface area contributed by atoms with Gasteiger partial charge in [0.05, 0.1) is 38.1 Å². The van der Waals surface area contributed by atoms with Gasteiger partial charge in [-0.05, 0) is 6.42 Å². The van der Waals surface area contributed by atoms with Crippen LogP contribution in [0, 0.1) is 5.41 Å². The SMILES string of the molecule is C=CCn1c(=O)n(CC=C)c(=O)n(CCC(=O)OCC2(CC)COC2)c1=O. The zero-order valence-electron chi connectivity index (χ0n) is 15.5. The maximum absolute atomic E-state index is 12.5. The Hall–Kier alpha value is -2.68. The Balaban J connectivity index is 2.17. The van der Waals surface area contributed by atoms with Gasteiger partial charge in [0, 0.05) is 6.54 Å². The highest BCUT2D eigenvalue weighted by atomic mass is 16.5. The molecule has 27 heavy (non-hydrogen) atoms. The number of rotatable bonds is 10. The van der Waals surface area contributed by atoms with Crippen LogP contribution in [0.2, 0.25) is 0 Å². The van der Waals surface area contributed by atoms with Gasteiger partial charge < -0.3 is 9.47 Å². The molecule has 0 radical (unpaired) electrons. The van der Waals surface area contributed by atoms with Crippen LogP contribution in [0.3, 0.4) is 0 Å². The monoisotopic (exact) mass is 379 g/mol. The molecular weight excluding hydrogens is 354 g/mol. The van der Waals surface area contributed by atoms with E-state index in [1.165, 1.54) is 12.2 Å². The van der Waals surface area contributed by atoms with Crippen LogP contribution in [0.5, 0.6) is 0 Å². The molecule has 1 aliphatic heterocycles. The average molecular weight is 379 g/mol. The summed E-state index contributed by atoms with van der Waals surface area (Å²) in [7, 11) is 0. The quantitative estimate of drug-likeness (QED) is 0.416. The second-order valence-electron chi connectivity index (χ2n) is 6.55. The number of esters is 1. The number of carbonyl (C=O) groups is 1. The van der Waals surface area contributed by atoms with E-state index in [9.17, 15) is 19.2 Å². The highest BCUT2D eigenvalue weighted by molar-refractivity contribution is 5.69. The summed E-state index contributed by atoms with van der Waals surface area (Å²) in [5.41, 5.74) is -2.44. The molecule has 9 nitrogen and oxygen atoms in total. The van der Waals surface area contributed by atoms with Crippen molar-refractivity contribution >= 4 is 5.97 Å². The minimum atomic E-state index is -0.782. The van der Waals surface area contributed by atoms with E-state index < -0.39 is 23.0 Å². The second kappa shape index (κ2) is 8.81. The van der Waals surface area contributed by atoms with E-state index in [0.717, 1.165) is 20.1 Å². The fourth-order valence-electron chi connectivity index (χ4n) is 2.73. The van der Waals surface area contributed by atoms with Gasteiger partial charge in [-0.3, -0.25) is 4.79 Å². The van der Waals surface area contributed by atoms with Crippen LogP contribution in [0.1, 0.15) is 19.8 Å². The van der Waals surface area contributed by atoms with Crippen LogP contribution >= 0.6 is 0 Å². The predicted molar refractivity (Wildman–Crippen MR) is 98.7 cm³/mol. The molecule has 0 unspecified atom stereocenters. The fraction of sp³-hybridized carbons (Fsp3) is 0.556. The Morgan fingerprint density at radius 3 is 2.00 bits per heavy atom. The van der Waals surface area contributed by atoms with E-state index in [-0.39, 0.29) is 38.1 Å². The van der Waals surface area contributed by atoms with Crippen LogP contribution in [-0.2, 0) is 33.9 Å².